The second-order valence-corrected chi connectivity index (χ2v) is 3.63. The Hall–Kier alpha value is -0.870. The summed E-state index contributed by atoms with van der Waals surface area (Å²) in [7, 11) is 3.86. The standard InChI is InChI=1S/C10H19N3O/c1-4-5-13-7-6-12(3)9(8-11-2)10(13)14/h4,9,11H,1,5-8H2,2-3H3. The zero-order valence-electron chi connectivity index (χ0n) is 8.99. The summed E-state index contributed by atoms with van der Waals surface area (Å²) in [5.41, 5.74) is 0. The Kier molecular flexibility index (Phi) is 4.10. The van der Waals surface area contributed by atoms with E-state index < -0.39 is 0 Å². The zero-order chi connectivity index (χ0) is 10.6. The molecule has 1 N–H and O–H groups in total. The normalized spacial score (nSPS) is 24.0. The summed E-state index contributed by atoms with van der Waals surface area (Å²) in [6.45, 7) is 6.77. The molecule has 0 aromatic heterocycles. The lowest BCUT2D eigenvalue weighted by Gasteiger charge is -2.38. The van der Waals surface area contributed by atoms with E-state index in [0.717, 1.165) is 13.1 Å². The molecule has 0 saturated carbocycles. The van der Waals surface area contributed by atoms with Crippen molar-refractivity contribution in [2.24, 2.45) is 0 Å². The van der Waals surface area contributed by atoms with Gasteiger partial charge < -0.3 is 10.2 Å². The smallest absolute Gasteiger partial charge is 0.241 e. The molecule has 1 aliphatic heterocycles. The lowest BCUT2D eigenvalue weighted by atomic mass is 10.1. The van der Waals surface area contributed by atoms with Gasteiger partial charge in [0.2, 0.25) is 5.91 Å². The minimum Gasteiger partial charge on any atom is -0.336 e. The Bertz CT molecular complexity index is 217. The van der Waals surface area contributed by atoms with Gasteiger partial charge >= 0.3 is 0 Å². The molecule has 1 unspecified atom stereocenters. The summed E-state index contributed by atoms with van der Waals surface area (Å²) < 4.78 is 0. The lowest BCUT2D eigenvalue weighted by molar-refractivity contribution is -0.139. The van der Waals surface area contributed by atoms with E-state index in [0.29, 0.717) is 13.1 Å². The molecule has 0 radical (unpaired) electrons. The molecule has 4 nitrogen and oxygen atoms in total. The summed E-state index contributed by atoms with van der Waals surface area (Å²) in [6.07, 6.45) is 1.78. The molecule has 1 fully saturated rings. The predicted molar refractivity (Wildman–Crippen MR) is 57.1 cm³/mol. The second kappa shape index (κ2) is 5.12. The van der Waals surface area contributed by atoms with Crippen LogP contribution >= 0.6 is 0 Å². The highest BCUT2D eigenvalue weighted by molar-refractivity contribution is 5.83. The monoisotopic (exact) mass is 197 g/mol. The van der Waals surface area contributed by atoms with E-state index in [2.05, 4.69) is 16.8 Å². The summed E-state index contributed by atoms with van der Waals surface area (Å²) >= 11 is 0. The number of piperazine rings is 1. The largest absolute Gasteiger partial charge is 0.336 e. The highest BCUT2D eigenvalue weighted by Crippen LogP contribution is 2.08. The minimum atomic E-state index is -0.0197. The molecule has 1 atom stereocenters. The summed E-state index contributed by atoms with van der Waals surface area (Å²) in [5.74, 6) is 0.202. The highest BCUT2D eigenvalue weighted by atomic mass is 16.2. The molecule has 4 heteroatoms. The molecule has 14 heavy (non-hydrogen) atoms. The van der Waals surface area contributed by atoms with E-state index in [1.165, 1.54) is 0 Å². The van der Waals surface area contributed by atoms with E-state index in [1.807, 2.05) is 19.0 Å². The van der Waals surface area contributed by atoms with E-state index in [1.54, 1.807) is 6.08 Å². The third-order valence-electron chi connectivity index (χ3n) is 2.60. The number of likely N-dealkylation sites (N-methyl/N-ethyl adjacent to an activating group) is 2. The first-order chi connectivity index (χ1) is 6.70. The van der Waals surface area contributed by atoms with Gasteiger partial charge in [0.25, 0.3) is 0 Å². The lowest BCUT2D eigenvalue weighted by Crippen LogP contribution is -2.58. The van der Waals surface area contributed by atoms with E-state index in [9.17, 15) is 4.79 Å². The van der Waals surface area contributed by atoms with Crippen LogP contribution in [0.1, 0.15) is 0 Å². The molecule has 1 saturated heterocycles. The number of carbonyl (C=O) groups excluding carboxylic acids is 1. The van der Waals surface area contributed by atoms with Gasteiger partial charge in [-0.25, -0.2) is 0 Å². The molecule has 0 bridgehead atoms. The average Bonchev–Trinajstić information content (AvgIpc) is 2.17. The van der Waals surface area contributed by atoms with Crippen molar-refractivity contribution in [1.82, 2.24) is 15.1 Å². The van der Waals surface area contributed by atoms with Crippen molar-refractivity contribution in [1.29, 1.82) is 0 Å². The number of carbonyl (C=O) groups is 1. The molecule has 0 aromatic carbocycles. The SMILES string of the molecule is C=CCN1CCN(C)C(CNC)C1=O. The fourth-order valence-corrected chi connectivity index (χ4v) is 1.72. The first kappa shape index (κ1) is 11.2. The predicted octanol–water partition coefficient (Wildman–Crippen LogP) is -0.466. The van der Waals surface area contributed by atoms with Crippen LogP contribution < -0.4 is 5.32 Å². The van der Waals surface area contributed by atoms with Crippen LogP contribution in [0.3, 0.4) is 0 Å². The molecule has 0 aromatic rings. The van der Waals surface area contributed by atoms with E-state index >= 15 is 0 Å². The van der Waals surface area contributed by atoms with Crippen molar-refractivity contribution in [3.63, 3.8) is 0 Å². The van der Waals surface area contributed by atoms with Gasteiger partial charge in [0, 0.05) is 26.2 Å². The Balaban J connectivity index is 2.61. The molecule has 1 heterocycles. The van der Waals surface area contributed by atoms with Gasteiger partial charge in [0.05, 0.1) is 0 Å². The zero-order valence-corrected chi connectivity index (χ0v) is 8.99. The minimum absolute atomic E-state index is 0.0197. The first-order valence-electron chi connectivity index (χ1n) is 4.95. The number of amides is 1. The van der Waals surface area contributed by atoms with Crippen molar-refractivity contribution < 1.29 is 4.79 Å². The number of hydrogen-bond donors (Lipinski definition) is 1. The molecule has 1 amide bonds. The molecule has 0 spiro atoms. The van der Waals surface area contributed by atoms with Crippen molar-refractivity contribution in [2.45, 2.75) is 6.04 Å². The van der Waals surface area contributed by atoms with Gasteiger partial charge in [0.15, 0.2) is 0 Å². The fraction of sp³-hybridized carbons (Fsp3) is 0.700. The molecular weight excluding hydrogens is 178 g/mol. The van der Waals surface area contributed by atoms with Crippen LogP contribution in [0, 0.1) is 0 Å². The highest BCUT2D eigenvalue weighted by Gasteiger charge is 2.31. The number of rotatable bonds is 4. The van der Waals surface area contributed by atoms with Crippen molar-refractivity contribution in [2.75, 3.05) is 40.3 Å². The van der Waals surface area contributed by atoms with Crippen LogP contribution in [0.5, 0.6) is 0 Å². The second-order valence-electron chi connectivity index (χ2n) is 3.63. The molecule has 80 valence electrons. The van der Waals surface area contributed by atoms with Crippen LogP contribution in [0.4, 0.5) is 0 Å². The van der Waals surface area contributed by atoms with Gasteiger partial charge in [-0.3, -0.25) is 9.69 Å². The van der Waals surface area contributed by atoms with Crippen LogP contribution in [0.15, 0.2) is 12.7 Å². The maximum atomic E-state index is 11.9. The maximum absolute atomic E-state index is 11.9. The van der Waals surface area contributed by atoms with Crippen LogP contribution in [0.2, 0.25) is 0 Å². The first-order valence-corrected chi connectivity index (χ1v) is 4.95. The molecule has 1 rings (SSSR count). The topological polar surface area (TPSA) is 35.6 Å². The van der Waals surface area contributed by atoms with Gasteiger partial charge in [-0.05, 0) is 14.1 Å². The summed E-state index contributed by atoms with van der Waals surface area (Å²) in [5, 5.41) is 3.05. The van der Waals surface area contributed by atoms with Crippen molar-refractivity contribution >= 4 is 5.91 Å². The van der Waals surface area contributed by atoms with Crippen molar-refractivity contribution in [3.05, 3.63) is 12.7 Å². The number of hydrogen-bond acceptors (Lipinski definition) is 3. The third kappa shape index (κ3) is 2.33. The average molecular weight is 197 g/mol. The Morgan fingerprint density at radius 1 is 1.64 bits per heavy atom. The van der Waals surface area contributed by atoms with Gasteiger partial charge in [-0.2, -0.15) is 0 Å². The third-order valence-corrected chi connectivity index (χ3v) is 2.60. The maximum Gasteiger partial charge on any atom is 0.241 e. The quantitative estimate of drug-likeness (QED) is 0.619. The summed E-state index contributed by atoms with van der Waals surface area (Å²) in [4.78, 5) is 15.9. The molecule has 1 aliphatic rings. The van der Waals surface area contributed by atoms with Crippen LogP contribution in [-0.4, -0.2) is 62.0 Å². The van der Waals surface area contributed by atoms with Gasteiger partial charge in [-0.15, -0.1) is 6.58 Å². The Morgan fingerprint density at radius 3 is 2.93 bits per heavy atom. The van der Waals surface area contributed by atoms with Crippen LogP contribution in [-0.2, 0) is 4.79 Å². The van der Waals surface area contributed by atoms with Gasteiger partial charge in [-0.1, -0.05) is 6.08 Å². The number of nitrogens with one attached hydrogen (secondary N) is 1. The Morgan fingerprint density at radius 2 is 2.36 bits per heavy atom. The fourth-order valence-electron chi connectivity index (χ4n) is 1.72. The molecular formula is C10H19N3O. The summed E-state index contributed by atoms with van der Waals surface area (Å²) in [6, 6.07) is -0.0197. The van der Waals surface area contributed by atoms with E-state index in [-0.39, 0.29) is 11.9 Å². The van der Waals surface area contributed by atoms with E-state index in [4.69, 9.17) is 0 Å². The Labute approximate surface area is 85.6 Å². The van der Waals surface area contributed by atoms with Crippen LogP contribution in [0.25, 0.3) is 0 Å². The molecule has 0 aliphatic carbocycles. The number of nitrogens with zero attached hydrogens (tertiary/aromatic N) is 2. The van der Waals surface area contributed by atoms with Crippen molar-refractivity contribution in [3.8, 4) is 0 Å². The van der Waals surface area contributed by atoms with Gasteiger partial charge in [0.1, 0.15) is 6.04 Å².